The highest BCUT2D eigenvalue weighted by molar-refractivity contribution is 7.99. The number of anilines is 2. The van der Waals surface area contributed by atoms with Crippen molar-refractivity contribution in [3.8, 4) is 11.5 Å². The summed E-state index contributed by atoms with van der Waals surface area (Å²) >= 11 is 1.51. The lowest BCUT2D eigenvalue weighted by molar-refractivity contribution is -0.136. The minimum Gasteiger partial charge on any atom is -0.494 e. The summed E-state index contributed by atoms with van der Waals surface area (Å²) in [6.07, 6.45) is 11.6. The van der Waals surface area contributed by atoms with Gasteiger partial charge in [0.15, 0.2) is 6.29 Å². The van der Waals surface area contributed by atoms with Crippen LogP contribution in [0.5, 0.6) is 11.5 Å². The molecular formula is C48H61N5O7S. The van der Waals surface area contributed by atoms with E-state index in [9.17, 15) is 19.2 Å². The molecule has 3 amide bonds. The summed E-state index contributed by atoms with van der Waals surface area (Å²) in [5.74, 6) is 1.25. The van der Waals surface area contributed by atoms with Gasteiger partial charge in [-0.05, 0) is 97.8 Å². The number of rotatable bonds is 26. The second-order valence-corrected chi connectivity index (χ2v) is 16.4. The molecule has 5 rings (SSSR count). The van der Waals surface area contributed by atoms with Crippen LogP contribution in [-0.2, 0) is 26.3 Å². The Balaban J connectivity index is 0.869. The smallest absolute Gasteiger partial charge is 0.255 e. The first-order valence-corrected chi connectivity index (χ1v) is 22.5. The number of ether oxygens (including phenoxy) is 3. The first-order valence-electron chi connectivity index (χ1n) is 21.3. The molecule has 1 unspecified atom stereocenters. The maximum Gasteiger partial charge on any atom is 0.255 e. The highest BCUT2D eigenvalue weighted by atomic mass is 32.2. The minimum atomic E-state index is -0.752. The van der Waals surface area contributed by atoms with Gasteiger partial charge in [-0.2, -0.15) is 0 Å². The third-order valence-corrected chi connectivity index (χ3v) is 11.4. The normalized spacial score (nSPS) is 13.9. The molecule has 2 heterocycles. The van der Waals surface area contributed by atoms with Crippen LogP contribution in [-0.4, -0.2) is 79.6 Å². The van der Waals surface area contributed by atoms with Crippen molar-refractivity contribution < 1.29 is 33.4 Å². The quantitative estimate of drug-likeness (QED) is 0.0241. The zero-order valence-electron chi connectivity index (χ0n) is 36.0. The van der Waals surface area contributed by atoms with Crippen molar-refractivity contribution in [2.75, 3.05) is 49.7 Å². The van der Waals surface area contributed by atoms with E-state index in [0.717, 1.165) is 73.8 Å². The van der Waals surface area contributed by atoms with Crippen molar-refractivity contribution >= 4 is 47.5 Å². The van der Waals surface area contributed by atoms with Gasteiger partial charge in [0.05, 0.1) is 17.9 Å². The molecule has 1 atom stereocenters. The average Bonchev–Trinajstić information content (AvgIpc) is 3.27. The lowest BCUT2D eigenvalue weighted by atomic mass is 9.78. The lowest BCUT2D eigenvalue weighted by Crippen LogP contribution is -2.53. The van der Waals surface area contributed by atoms with Crippen LogP contribution < -0.4 is 24.8 Å². The highest BCUT2D eigenvalue weighted by Gasteiger charge is 2.33. The molecular weight excluding hydrogens is 791 g/mol. The van der Waals surface area contributed by atoms with Crippen LogP contribution in [0.15, 0.2) is 84.9 Å². The first kappa shape index (κ1) is 46.7. The van der Waals surface area contributed by atoms with Gasteiger partial charge in [0.1, 0.15) is 30.0 Å². The number of aldehydes is 1. The zero-order chi connectivity index (χ0) is 43.5. The Labute approximate surface area is 365 Å². The summed E-state index contributed by atoms with van der Waals surface area (Å²) in [4.78, 5) is 54.4. The van der Waals surface area contributed by atoms with E-state index in [4.69, 9.17) is 14.2 Å². The predicted molar refractivity (Wildman–Crippen MR) is 243 cm³/mol. The number of benzene rings is 3. The van der Waals surface area contributed by atoms with Crippen molar-refractivity contribution in [1.29, 1.82) is 0 Å². The molecule has 0 radical (unpaired) electrons. The van der Waals surface area contributed by atoms with Crippen LogP contribution in [0.1, 0.15) is 116 Å². The minimum absolute atomic E-state index is 0.168. The molecule has 12 nitrogen and oxygen atoms in total. The van der Waals surface area contributed by atoms with Gasteiger partial charge in [0, 0.05) is 56.1 Å². The number of imide groups is 1. The first-order chi connectivity index (χ1) is 29.6. The summed E-state index contributed by atoms with van der Waals surface area (Å²) in [7, 11) is 1.51. The summed E-state index contributed by atoms with van der Waals surface area (Å²) < 4.78 is 21.1. The predicted octanol–water partition coefficient (Wildman–Crippen LogP) is 8.99. The SMILES string of the molecule is CSNc1cccc(COc2ccc(C(C)(C)c3ccc(OCCCCCCCCOCCCCNc4ccc(C(=O)N(C)C5CCC(=O)NC5=O)c(C=O)c4)cc3)cc2)n1. The zero-order valence-corrected chi connectivity index (χ0v) is 36.8. The number of amides is 3. The maximum absolute atomic E-state index is 13.1. The topological polar surface area (TPSA) is 148 Å². The van der Waals surface area contributed by atoms with Crippen LogP contribution >= 0.6 is 11.9 Å². The molecule has 61 heavy (non-hydrogen) atoms. The Bertz CT molecular complexity index is 2030. The maximum atomic E-state index is 13.1. The van der Waals surface area contributed by atoms with E-state index in [1.807, 2.05) is 36.6 Å². The third kappa shape index (κ3) is 14.4. The summed E-state index contributed by atoms with van der Waals surface area (Å²) in [6, 6.07) is 26.9. The summed E-state index contributed by atoms with van der Waals surface area (Å²) in [5.41, 5.74) is 4.34. The van der Waals surface area contributed by atoms with Gasteiger partial charge in [0.2, 0.25) is 11.8 Å². The van der Waals surface area contributed by atoms with E-state index >= 15 is 0 Å². The fourth-order valence-corrected chi connectivity index (χ4v) is 7.52. The van der Waals surface area contributed by atoms with Gasteiger partial charge >= 0.3 is 0 Å². The number of carbonyl (C=O) groups is 4. The molecule has 13 heteroatoms. The number of nitrogens with one attached hydrogen (secondary N) is 3. The fourth-order valence-electron chi connectivity index (χ4n) is 7.20. The molecule has 0 aliphatic carbocycles. The fraction of sp³-hybridized carbons (Fsp3) is 0.438. The van der Waals surface area contributed by atoms with Crippen molar-refractivity contribution in [3.05, 3.63) is 113 Å². The van der Waals surface area contributed by atoms with E-state index < -0.39 is 17.9 Å². The standard InChI is InChI=1S/C48H61N5O7S/c1-48(2,37-18-23-41(24-19-37)60-34-39-14-13-15-44(50-39)52-61-4)36-16-21-40(22-17-36)59-31-11-8-6-5-7-10-29-58-30-12-9-28-49-38-20-25-42(35(32-38)33-54)47(57)53(3)43-26-27-45(55)51-46(43)56/h13-25,32-33,43,49H,5-12,26-31,34H2,1-4H3,(H,50,52)(H,51,55,56). The molecule has 1 saturated heterocycles. The number of aromatic nitrogens is 1. The Kier molecular flexibility index (Phi) is 18.5. The molecule has 1 aromatic heterocycles. The van der Waals surface area contributed by atoms with Gasteiger partial charge in [-0.3, -0.25) is 24.5 Å². The molecule has 0 saturated carbocycles. The van der Waals surface area contributed by atoms with Crippen LogP contribution in [0.3, 0.4) is 0 Å². The largest absolute Gasteiger partial charge is 0.494 e. The lowest BCUT2D eigenvalue weighted by Gasteiger charge is -2.30. The molecule has 3 N–H and O–H groups in total. The number of likely N-dealkylation sites (N-methyl/N-ethyl adjacent to an activating group) is 1. The van der Waals surface area contributed by atoms with Crippen molar-refractivity contribution in [2.45, 2.75) is 96.1 Å². The number of pyridine rings is 1. The molecule has 326 valence electrons. The molecule has 1 aliphatic heterocycles. The van der Waals surface area contributed by atoms with E-state index in [-0.39, 0.29) is 35.3 Å². The Morgan fingerprint density at radius 2 is 1.49 bits per heavy atom. The number of piperidine rings is 1. The second kappa shape index (κ2) is 24.1. The van der Waals surface area contributed by atoms with Crippen LogP contribution in [0.2, 0.25) is 0 Å². The van der Waals surface area contributed by atoms with Crippen LogP contribution in [0, 0.1) is 0 Å². The monoisotopic (exact) mass is 851 g/mol. The Hall–Kier alpha value is -5.40. The van der Waals surface area contributed by atoms with E-state index in [1.165, 1.54) is 47.9 Å². The molecule has 4 aromatic rings. The molecule has 0 bridgehead atoms. The number of carbonyl (C=O) groups excluding carboxylic acids is 4. The average molecular weight is 852 g/mol. The number of hydrogen-bond acceptors (Lipinski definition) is 11. The highest BCUT2D eigenvalue weighted by Crippen LogP contribution is 2.33. The number of unbranched alkanes of at least 4 members (excludes halogenated alkanes) is 6. The molecule has 0 spiro atoms. The second-order valence-electron chi connectivity index (χ2n) is 15.8. The van der Waals surface area contributed by atoms with Crippen molar-refractivity contribution in [1.82, 2.24) is 15.2 Å². The van der Waals surface area contributed by atoms with Crippen molar-refractivity contribution in [3.63, 3.8) is 0 Å². The van der Waals surface area contributed by atoms with Gasteiger partial charge in [-0.25, -0.2) is 4.98 Å². The van der Waals surface area contributed by atoms with E-state index in [2.05, 4.69) is 70.6 Å². The Morgan fingerprint density at radius 3 is 2.15 bits per heavy atom. The molecule has 1 aliphatic rings. The number of nitrogens with zero attached hydrogens (tertiary/aromatic N) is 2. The number of hydrogen-bond donors (Lipinski definition) is 3. The summed E-state index contributed by atoms with van der Waals surface area (Å²) in [6.45, 7) is 7.76. The van der Waals surface area contributed by atoms with Gasteiger partial charge in [-0.15, -0.1) is 0 Å². The van der Waals surface area contributed by atoms with E-state index in [0.29, 0.717) is 32.7 Å². The van der Waals surface area contributed by atoms with Gasteiger partial charge in [-0.1, -0.05) is 81.8 Å². The van der Waals surface area contributed by atoms with Crippen LogP contribution in [0.25, 0.3) is 0 Å². The van der Waals surface area contributed by atoms with Gasteiger partial charge in [0.25, 0.3) is 5.91 Å². The van der Waals surface area contributed by atoms with Gasteiger partial charge < -0.3 is 29.1 Å². The van der Waals surface area contributed by atoms with Crippen LogP contribution in [0.4, 0.5) is 11.5 Å². The molecule has 3 aromatic carbocycles. The molecule has 1 fully saturated rings. The van der Waals surface area contributed by atoms with E-state index in [1.54, 1.807) is 18.2 Å². The third-order valence-electron chi connectivity index (χ3n) is 11.0. The van der Waals surface area contributed by atoms with Crippen molar-refractivity contribution in [2.24, 2.45) is 0 Å². The Morgan fingerprint density at radius 1 is 0.852 bits per heavy atom. The summed E-state index contributed by atoms with van der Waals surface area (Å²) in [5, 5.41) is 5.57.